The first-order chi connectivity index (χ1) is 7.38. The molecule has 0 fully saturated rings. The molecular formula is C12H7NO2. The van der Waals surface area contributed by atoms with E-state index in [0.29, 0.717) is 11.3 Å². The van der Waals surface area contributed by atoms with Crippen molar-refractivity contribution in [3.63, 3.8) is 0 Å². The van der Waals surface area contributed by atoms with Crippen LogP contribution in [0.5, 0.6) is 0 Å². The van der Waals surface area contributed by atoms with E-state index in [1.165, 1.54) is 0 Å². The van der Waals surface area contributed by atoms with Gasteiger partial charge >= 0.3 is 0 Å². The van der Waals surface area contributed by atoms with Crippen LogP contribution < -0.4 is 0 Å². The molecule has 72 valence electrons. The van der Waals surface area contributed by atoms with Crippen LogP contribution in [0.3, 0.4) is 0 Å². The minimum atomic E-state index is 0.390. The topological polar surface area (TPSA) is 42.6 Å². The summed E-state index contributed by atoms with van der Waals surface area (Å²) in [6, 6.07) is 13.0. The third-order valence-electron chi connectivity index (χ3n) is 2.47. The predicted octanol–water partition coefficient (Wildman–Crippen LogP) is 3.98. The minimum absolute atomic E-state index is 0.390. The van der Waals surface area contributed by atoms with E-state index in [4.69, 9.17) is 4.42 Å². The Labute approximate surface area is 85.3 Å². The molecule has 3 aromatic rings. The summed E-state index contributed by atoms with van der Waals surface area (Å²) in [7, 11) is 0. The Morgan fingerprint density at radius 2 is 1.73 bits per heavy atom. The molecule has 3 rings (SSSR count). The van der Waals surface area contributed by atoms with Gasteiger partial charge in [0.05, 0.1) is 0 Å². The molecule has 0 atom stereocenters. The Kier molecular flexibility index (Phi) is 1.59. The van der Waals surface area contributed by atoms with Crippen molar-refractivity contribution in [2.45, 2.75) is 0 Å². The van der Waals surface area contributed by atoms with Crippen molar-refractivity contribution in [3.05, 3.63) is 47.4 Å². The molecule has 0 aliphatic rings. The summed E-state index contributed by atoms with van der Waals surface area (Å²) in [6.07, 6.45) is 0. The van der Waals surface area contributed by atoms with Gasteiger partial charge in [0.1, 0.15) is 16.9 Å². The molecule has 0 spiro atoms. The molecule has 0 aliphatic heterocycles. The monoisotopic (exact) mass is 197 g/mol. The van der Waals surface area contributed by atoms with Crippen LogP contribution in [0.15, 0.2) is 52.1 Å². The molecule has 0 saturated carbocycles. The van der Waals surface area contributed by atoms with Crippen LogP contribution in [0.1, 0.15) is 0 Å². The highest BCUT2D eigenvalue weighted by Crippen LogP contribution is 2.30. The first-order valence-electron chi connectivity index (χ1n) is 4.63. The molecule has 3 nitrogen and oxygen atoms in total. The van der Waals surface area contributed by atoms with E-state index in [1.807, 2.05) is 30.3 Å². The van der Waals surface area contributed by atoms with Gasteiger partial charge in [-0.25, -0.2) is 0 Å². The molecule has 1 aromatic heterocycles. The van der Waals surface area contributed by atoms with Crippen molar-refractivity contribution in [1.82, 2.24) is 0 Å². The Morgan fingerprint density at radius 3 is 2.60 bits per heavy atom. The van der Waals surface area contributed by atoms with E-state index in [0.717, 1.165) is 16.4 Å². The molecule has 15 heavy (non-hydrogen) atoms. The lowest BCUT2D eigenvalue weighted by molar-refractivity contribution is 0.669. The van der Waals surface area contributed by atoms with E-state index < -0.39 is 0 Å². The van der Waals surface area contributed by atoms with E-state index in [-0.39, 0.29) is 0 Å². The maximum Gasteiger partial charge on any atom is 0.137 e. The molecule has 1 heterocycles. The van der Waals surface area contributed by atoms with Crippen LogP contribution in [-0.2, 0) is 0 Å². The van der Waals surface area contributed by atoms with E-state index in [2.05, 4.69) is 5.18 Å². The fourth-order valence-electron chi connectivity index (χ4n) is 1.77. The van der Waals surface area contributed by atoms with Gasteiger partial charge in [-0.3, -0.25) is 0 Å². The first-order valence-corrected chi connectivity index (χ1v) is 4.63. The van der Waals surface area contributed by atoms with Crippen LogP contribution in [-0.4, -0.2) is 0 Å². The summed E-state index contributed by atoms with van der Waals surface area (Å²) in [5, 5.41) is 4.95. The average Bonchev–Trinajstić information content (AvgIpc) is 2.66. The zero-order chi connectivity index (χ0) is 10.3. The number of furan rings is 1. The maximum absolute atomic E-state index is 10.4. The highest BCUT2D eigenvalue weighted by atomic mass is 16.3. The Morgan fingerprint density at radius 1 is 0.933 bits per heavy atom. The van der Waals surface area contributed by atoms with E-state index in [1.54, 1.807) is 12.1 Å². The lowest BCUT2D eigenvalue weighted by atomic mass is 10.1. The number of rotatable bonds is 1. The Hall–Kier alpha value is -2.16. The minimum Gasteiger partial charge on any atom is -0.456 e. The summed E-state index contributed by atoms with van der Waals surface area (Å²) < 4.78 is 5.60. The van der Waals surface area contributed by atoms with Gasteiger partial charge in [-0.05, 0) is 23.4 Å². The van der Waals surface area contributed by atoms with Crippen molar-refractivity contribution < 1.29 is 4.42 Å². The van der Waals surface area contributed by atoms with Crippen LogP contribution >= 0.6 is 0 Å². The fourth-order valence-corrected chi connectivity index (χ4v) is 1.77. The smallest absolute Gasteiger partial charge is 0.137 e. The van der Waals surface area contributed by atoms with Crippen LogP contribution in [0.25, 0.3) is 21.9 Å². The lowest BCUT2D eigenvalue weighted by Crippen LogP contribution is -1.65. The summed E-state index contributed by atoms with van der Waals surface area (Å²) in [5.74, 6) is 0. The van der Waals surface area contributed by atoms with Crippen molar-refractivity contribution in [2.75, 3.05) is 0 Å². The summed E-state index contributed by atoms with van der Waals surface area (Å²) in [5.41, 5.74) is 1.92. The van der Waals surface area contributed by atoms with Crippen molar-refractivity contribution >= 4 is 27.6 Å². The molecule has 2 aromatic carbocycles. The molecule has 0 amide bonds. The number of nitrogens with zero attached hydrogens (tertiary/aromatic N) is 1. The molecule has 3 heteroatoms. The zero-order valence-corrected chi connectivity index (χ0v) is 7.81. The molecule has 0 saturated heterocycles. The largest absolute Gasteiger partial charge is 0.456 e. The van der Waals surface area contributed by atoms with Crippen LogP contribution in [0.4, 0.5) is 5.69 Å². The van der Waals surface area contributed by atoms with Gasteiger partial charge in [0.15, 0.2) is 0 Å². The number of para-hydroxylation sites is 1. The second-order valence-electron chi connectivity index (χ2n) is 3.37. The highest BCUT2D eigenvalue weighted by Gasteiger charge is 2.06. The third kappa shape index (κ3) is 1.13. The quantitative estimate of drug-likeness (QED) is 0.553. The zero-order valence-electron chi connectivity index (χ0n) is 7.81. The molecule has 0 aliphatic carbocycles. The number of benzene rings is 2. The van der Waals surface area contributed by atoms with Crippen LogP contribution in [0, 0.1) is 4.91 Å². The summed E-state index contributed by atoms with van der Waals surface area (Å²) in [6.45, 7) is 0. The van der Waals surface area contributed by atoms with Gasteiger partial charge < -0.3 is 4.42 Å². The first kappa shape index (κ1) is 8.17. The normalized spacial score (nSPS) is 10.9. The van der Waals surface area contributed by atoms with Crippen molar-refractivity contribution in [1.29, 1.82) is 0 Å². The standard InChI is InChI=1S/C12H7NO2/c14-13-8-5-6-10-9-3-1-2-4-11(9)15-12(10)7-8/h1-7H. The Balaban J connectivity index is 2.48. The van der Waals surface area contributed by atoms with Crippen molar-refractivity contribution in [2.24, 2.45) is 5.18 Å². The number of hydrogen-bond acceptors (Lipinski definition) is 3. The summed E-state index contributed by atoms with van der Waals surface area (Å²) in [4.78, 5) is 10.4. The maximum atomic E-state index is 10.4. The van der Waals surface area contributed by atoms with E-state index >= 15 is 0 Å². The summed E-state index contributed by atoms with van der Waals surface area (Å²) >= 11 is 0. The average molecular weight is 197 g/mol. The molecule has 0 unspecified atom stereocenters. The van der Waals surface area contributed by atoms with Gasteiger partial charge in [0.2, 0.25) is 0 Å². The fraction of sp³-hybridized carbons (Fsp3) is 0. The van der Waals surface area contributed by atoms with Gasteiger partial charge in [-0.15, -0.1) is 4.91 Å². The second kappa shape index (κ2) is 2.92. The number of hydrogen-bond donors (Lipinski definition) is 0. The molecule has 0 N–H and O–H groups in total. The lowest BCUT2D eigenvalue weighted by Gasteiger charge is -1.88. The van der Waals surface area contributed by atoms with Crippen LogP contribution in [0.2, 0.25) is 0 Å². The number of fused-ring (bicyclic) bond motifs is 3. The second-order valence-corrected chi connectivity index (χ2v) is 3.37. The molecule has 0 radical (unpaired) electrons. The SMILES string of the molecule is O=Nc1ccc2c(c1)oc1ccccc12. The van der Waals surface area contributed by atoms with Gasteiger partial charge in [-0.1, -0.05) is 18.2 Å². The number of nitroso groups, excluding NO2 is 1. The third-order valence-corrected chi connectivity index (χ3v) is 2.47. The van der Waals surface area contributed by atoms with Gasteiger partial charge in [0.25, 0.3) is 0 Å². The van der Waals surface area contributed by atoms with Gasteiger partial charge in [-0.2, -0.15) is 0 Å². The molecule has 0 bridgehead atoms. The highest BCUT2D eigenvalue weighted by molar-refractivity contribution is 6.05. The predicted molar refractivity (Wildman–Crippen MR) is 59.2 cm³/mol. The van der Waals surface area contributed by atoms with Crippen molar-refractivity contribution in [3.8, 4) is 0 Å². The van der Waals surface area contributed by atoms with Gasteiger partial charge in [0, 0.05) is 16.8 Å². The van der Waals surface area contributed by atoms with E-state index in [9.17, 15) is 4.91 Å². The Bertz CT molecular complexity index is 655. The molecular weight excluding hydrogens is 190 g/mol.